The maximum atomic E-state index is 17.5. The molecule has 16 heteroatoms. The fraction of sp³-hybridized carbons (Fsp3) is 0.659. The summed E-state index contributed by atoms with van der Waals surface area (Å²) in [5.74, 6) is -5.47. The zero-order valence-electron chi connectivity index (χ0n) is 34.4. The van der Waals surface area contributed by atoms with Gasteiger partial charge < -0.3 is 39.0 Å². The molecule has 3 saturated heterocycles. The van der Waals surface area contributed by atoms with E-state index in [0.717, 1.165) is 16.7 Å². The van der Waals surface area contributed by atoms with Gasteiger partial charge in [-0.15, -0.1) is 11.3 Å². The van der Waals surface area contributed by atoms with E-state index in [-0.39, 0.29) is 25.2 Å². The normalized spacial score (nSPS) is 38.4. The van der Waals surface area contributed by atoms with Crippen LogP contribution in [0.2, 0.25) is 0 Å². The molecule has 1 amide bonds. The summed E-state index contributed by atoms with van der Waals surface area (Å²) < 4.78 is 48.3. The van der Waals surface area contributed by atoms with Gasteiger partial charge in [0.2, 0.25) is 0 Å². The van der Waals surface area contributed by atoms with Crippen LogP contribution in [0.25, 0.3) is 16.8 Å². The van der Waals surface area contributed by atoms with Crippen LogP contribution in [0.15, 0.2) is 36.7 Å². The van der Waals surface area contributed by atoms with Crippen molar-refractivity contribution in [1.29, 1.82) is 0 Å². The lowest BCUT2D eigenvalue weighted by atomic mass is 9.72. The summed E-state index contributed by atoms with van der Waals surface area (Å²) in [6, 6.07) is 4.05. The number of Topliss-reactive ketones (excluding diaryl/α,β-unsaturated/α-hetero) is 2. The molecular weight excluding hydrogens is 760 g/mol. The van der Waals surface area contributed by atoms with Gasteiger partial charge in [0.1, 0.15) is 18.1 Å². The van der Waals surface area contributed by atoms with Crippen molar-refractivity contribution in [2.24, 2.45) is 17.8 Å². The third kappa shape index (κ3) is 9.47. The number of amides is 1. The number of alkyl halides is 1. The second-order valence-electron chi connectivity index (χ2n) is 16.4. The average Bonchev–Trinajstić information content (AvgIpc) is 3.77. The molecule has 3 fully saturated rings. The Bertz CT molecular complexity index is 1790. The van der Waals surface area contributed by atoms with E-state index in [9.17, 15) is 24.3 Å². The zero-order chi connectivity index (χ0) is 42.0. The summed E-state index contributed by atoms with van der Waals surface area (Å²) >= 11 is 1.45. The van der Waals surface area contributed by atoms with Gasteiger partial charge >= 0.3 is 12.1 Å². The first-order chi connectivity index (χ1) is 26.7. The average molecular weight is 817 g/mol. The van der Waals surface area contributed by atoms with E-state index >= 15 is 4.39 Å². The van der Waals surface area contributed by atoms with Crippen molar-refractivity contribution in [3.63, 3.8) is 0 Å². The molecule has 3 aliphatic heterocycles. The molecule has 0 aliphatic carbocycles. The lowest BCUT2D eigenvalue weighted by Crippen LogP contribution is -2.62. The first-order valence-corrected chi connectivity index (χ1v) is 20.3. The number of carbonyl (C=O) groups excluding carboxylic acids is 4. The van der Waals surface area contributed by atoms with Crippen LogP contribution in [0.1, 0.15) is 79.5 Å². The highest BCUT2D eigenvalue weighted by molar-refractivity contribution is 7.16. The lowest BCUT2D eigenvalue weighted by Gasteiger charge is -2.48. The minimum absolute atomic E-state index is 0.114. The van der Waals surface area contributed by atoms with Gasteiger partial charge in [-0.1, -0.05) is 26.8 Å². The molecule has 0 unspecified atom stereocenters. The number of aromatic nitrogens is 2. The quantitative estimate of drug-likeness (QED) is 0.251. The number of alkyl carbamates (subject to hydrolysis) is 1. The van der Waals surface area contributed by atoms with Crippen LogP contribution in [0, 0.1) is 17.8 Å². The van der Waals surface area contributed by atoms with Gasteiger partial charge in [-0.3, -0.25) is 14.4 Å². The third-order valence-corrected chi connectivity index (χ3v) is 12.7. The van der Waals surface area contributed by atoms with E-state index in [4.69, 9.17) is 23.7 Å². The van der Waals surface area contributed by atoms with E-state index in [1.165, 1.54) is 32.1 Å². The molecule has 0 radical (unpaired) electrons. The number of hydrogen-bond acceptors (Lipinski definition) is 14. The monoisotopic (exact) mass is 816 g/mol. The van der Waals surface area contributed by atoms with Crippen LogP contribution in [0.5, 0.6) is 0 Å². The molecule has 0 saturated carbocycles. The predicted octanol–water partition coefficient (Wildman–Crippen LogP) is 5.17. The van der Waals surface area contributed by atoms with E-state index in [2.05, 4.69) is 15.3 Å². The van der Waals surface area contributed by atoms with Crippen LogP contribution in [-0.2, 0) is 38.1 Å². The second-order valence-corrected chi connectivity index (χ2v) is 17.5. The second kappa shape index (κ2) is 17.7. The minimum Gasteiger partial charge on any atom is -0.458 e. The van der Waals surface area contributed by atoms with E-state index in [1.807, 2.05) is 44.1 Å². The number of hydrogen-bond donors (Lipinski definition) is 2. The lowest BCUT2D eigenvalue weighted by molar-refractivity contribution is -0.297. The number of nitrogens with zero attached hydrogens (tertiary/aromatic N) is 3. The molecule has 13 atom stereocenters. The Morgan fingerprint density at radius 2 is 1.75 bits per heavy atom. The first-order valence-electron chi connectivity index (χ1n) is 19.5. The van der Waals surface area contributed by atoms with Crippen LogP contribution in [0.4, 0.5) is 9.18 Å². The number of fused-ring (bicyclic) bond motifs is 1. The first kappa shape index (κ1) is 44.4. The Labute approximate surface area is 337 Å². The Morgan fingerprint density at radius 1 is 1.07 bits per heavy atom. The number of carbonyl (C=O) groups is 4. The summed E-state index contributed by atoms with van der Waals surface area (Å²) in [5.41, 5.74) is -5.97. The number of ether oxygens (including phenoxy) is 5. The number of rotatable bonds is 9. The minimum atomic E-state index is -2.63. The number of likely N-dealkylation sites (N-methyl/N-ethyl adjacent to an activating group) is 1. The van der Waals surface area contributed by atoms with Gasteiger partial charge in [0, 0.05) is 41.6 Å². The van der Waals surface area contributed by atoms with Gasteiger partial charge in [0.15, 0.2) is 35.0 Å². The number of aliphatic hydroxyl groups excluding tert-OH is 1. The maximum Gasteiger partial charge on any atom is 0.408 e. The van der Waals surface area contributed by atoms with Gasteiger partial charge in [0.05, 0.1) is 35.3 Å². The summed E-state index contributed by atoms with van der Waals surface area (Å²) in [6.07, 6.45) is 0.762. The van der Waals surface area contributed by atoms with Crippen molar-refractivity contribution in [3.8, 4) is 10.7 Å². The van der Waals surface area contributed by atoms with Crippen molar-refractivity contribution in [2.75, 3.05) is 20.7 Å². The van der Waals surface area contributed by atoms with Crippen molar-refractivity contribution >= 4 is 41.0 Å². The molecule has 5 heterocycles. The number of aliphatic hydroxyl groups is 1. The molecule has 2 aromatic rings. The highest BCUT2D eigenvalue weighted by Crippen LogP contribution is 2.42. The highest BCUT2D eigenvalue weighted by atomic mass is 32.1. The molecule has 3 aliphatic rings. The number of nitrogens with one attached hydrogen (secondary N) is 1. The number of thiophene rings is 1. The smallest absolute Gasteiger partial charge is 0.408 e. The fourth-order valence-corrected chi connectivity index (χ4v) is 9.43. The molecular formula is C41H57FN4O10S. The summed E-state index contributed by atoms with van der Waals surface area (Å²) in [7, 11) is 3.64. The van der Waals surface area contributed by atoms with Crippen LogP contribution in [0.3, 0.4) is 0 Å². The summed E-state index contributed by atoms with van der Waals surface area (Å²) in [6.45, 7) is 12.1. The Morgan fingerprint density at radius 3 is 2.40 bits per heavy atom. The maximum absolute atomic E-state index is 17.5. The topological polar surface area (TPSA) is 176 Å². The number of cyclic esters (lactones) is 1. The standard InChI is InChI=1S/C41H57FN4O10S/c1-11-29-41(8)32(45-38(51)56-41)25(5)33(49)39(6,42)21-40(7,52-19-12-14-26-15-16-28(57-26)35-43-17-13-18-44-35)34(23(3)30(47)24(4)36(50)54-29)55-37-31(48)27(46(9)10)20-22(2)53-37/h12-18,22-25,27,29,31-32,34,37,48H,11,19-21H2,1-10H3,(H,45,51)/b14-12+/t22-,23+,24-,25-,27+,29-,31-,32+,34-,37+,39+,40-,41-/m1/s1. The molecule has 314 valence electrons. The molecule has 57 heavy (non-hydrogen) atoms. The van der Waals surface area contributed by atoms with Gasteiger partial charge in [-0.25, -0.2) is 19.2 Å². The fourth-order valence-electron chi connectivity index (χ4n) is 8.55. The summed E-state index contributed by atoms with van der Waals surface area (Å²) in [4.78, 5) is 67.5. The zero-order valence-corrected chi connectivity index (χ0v) is 35.2. The molecule has 5 rings (SSSR count). The van der Waals surface area contributed by atoms with Crippen molar-refractivity contribution in [2.45, 2.75) is 134 Å². The number of ketones is 2. The van der Waals surface area contributed by atoms with Gasteiger partial charge in [-0.05, 0) is 85.8 Å². The van der Waals surface area contributed by atoms with Crippen LogP contribution < -0.4 is 5.32 Å². The SMILES string of the molecule is CC[C@H]1OC(=O)[C@H](C)C(=O)[C@H](C)[C@@H](O[C@@H]2O[C@H](C)C[C@H](N(C)C)[C@H]2O)[C@](C)(OC/C=C/c2ccc(-c3ncccn3)s2)C[C@](C)(F)C(=O)[C@H](C)[C@@H]2NC(=O)O[C@]12C. The largest absolute Gasteiger partial charge is 0.458 e. The summed E-state index contributed by atoms with van der Waals surface area (Å²) in [5, 5.41) is 14.2. The van der Waals surface area contributed by atoms with E-state index in [1.54, 1.807) is 45.3 Å². The van der Waals surface area contributed by atoms with Crippen LogP contribution in [-0.4, -0.2) is 124 Å². The molecule has 2 N–H and O–H groups in total. The molecule has 14 nitrogen and oxygen atoms in total. The molecule has 0 spiro atoms. The predicted molar refractivity (Wildman–Crippen MR) is 210 cm³/mol. The number of esters is 1. The molecule has 0 bridgehead atoms. The Kier molecular flexibility index (Phi) is 13.8. The Balaban J connectivity index is 1.57. The molecule has 0 aromatic carbocycles. The van der Waals surface area contributed by atoms with Gasteiger partial charge in [0.25, 0.3) is 0 Å². The van der Waals surface area contributed by atoms with Crippen LogP contribution >= 0.6 is 11.3 Å². The van der Waals surface area contributed by atoms with E-state index in [0.29, 0.717) is 12.2 Å². The van der Waals surface area contributed by atoms with Gasteiger partial charge in [-0.2, -0.15) is 0 Å². The molecule has 2 aromatic heterocycles. The van der Waals surface area contributed by atoms with Crippen molar-refractivity contribution < 1.29 is 52.4 Å². The number of halogens is 1. The Hall–Kier alpha value is -3.67. The third-order valence-electron chi connectivity index (χ3n) is 11.6. The highest BCUT2D eigenvalue weighted by Gasteiger charge is 2.59. The van der Waals surface area contributed by atoms with E-state index < -0.39 is 95.3 Å². The van der Waals surface area contributed by atoms with Crippen molar-refractivity contribution in [1.82, 2.24) is 20.2 Å². The van der Waals surface area contributed by atoms with Crippen molar-refractivity contribution in [3.05, 3.63) is 41.5 Å².